The number of aliphatic carboxylic acids is 1. The molecule has 3 aromatic carbocycles. The van der Waals surface area contributed by atoms with E-state index < -0.39 is 11.6 Å². The topological polar surface area (TPSA) is 77.8 Å². The van der Waals surface area contributed by atoms with Gasteiger partial charge in [-0.3, -0.25) is 9.59 Å². The number of halogens is 1. The molecule has 0 saturated heterocycles. The van der Waals surface area contributed by atoms with Crippen LogP contribution in [0.25, 0.3) is 0 Å². The Labute approximate surface area is 224 Å². The van der Waals surface area contributed by atoms with E-state index >= 15 is 0 Å². The van der Waals surface area contributed by atoms with E-state index in [-0.39, 0.29) is 12.2 Å². The smallest absolute Gasteiger partial charge is 0.307 e. The fraction of sp³-hybridized carbons (Fsp3) is 0.312. The summed E-state index contributed by atoms with van der Waals surface area (Å²) < 4.78 is 12.2. The Hall–Kier alpha value is -3.95. The van der Waals surface area contributed by atoms with Gasteiger partial charge in [0, 0.05) is 24.2 Å². The molecule has 0 saturated carbocycles. The highest BCUT2D eigenvalue weighted by atomic mass is 19.1. The summed E-state index contributed by atoms with van der Waals surface area (Å²) in [5.41, 5.74) is 6.94. The number of fused-ring (bicyclic) bond motifs is 1. The number of carbonyl (C=O) groups excluding carboxylic acids is 1. The second kappa shape index (κ2) is 13.6. The van der Waals surface area contributed by atoms with E-state index in [9.17, 15) is 19.1 Å². The van der Waals surface area contributed by atoms with Crippen molar-refractivity contribution in [1.29, 1.82) is 0 Å². The first-order chi connectivity index (χ1) is 17.8. The van der Waals surface area contributed by atoms with E-state index in [0.717, 1.165) is 50.9 Å². The van der Waals surface area contributed by atoms with Gasteiger partial charge in [0.1, 0.15) is 5.82 Å². The largest absolute Gasteiger partial charge is 0.481 e. The second-order valence-electron chi connectivity index (χ2n) is 10.2. The lowest BCUT2D eigenvalue weighted by Gasteiger charge is -2.15. The van der Waals surface area contributed by atoms with Gasteiger partial charge in [-0.2, -0.15) is 0 Å². The number of hydrogen-bond donors (Lipinski definition) is 2. The Morgan fingerprint density at radius 3 is 2.03 bits per heavy atom. The molecule has 0 bridgehead atoms. The molecule has 0 aliphatic carbocycles. The highest BCUT2D eigenvalue weighted by molar-refractivity contribution is 5.74. The van der Waals surface area contributed by atoms with Crippen LogP contribution in [0, 0.1) is 38.4 Å². The number of benzene rings is 3. The van der Waals surface area contributed by atoms with Crippen LogP contribution in [-0.4, -0.2) is 33.1 Å². The van der Waals surface area contributed by atoms with Crippen molar-refractivity contribution >= 4 is 12.4 Å². The molecule has 38 heavy (non-hydrogen) atoms. The highest BCUT2D eigenvalue weighted by Gasteiger charge is 2.26. The molecule has 4 rings (SSSR count). The van der Waals surface area contributed by atoms with E-state index in [4.69, 9.17) is 5.11 Å². The monoisotopic (exact) mass is 517 g/mol. The standard InChI is InChI=1S/C21H19NO3.C7H7F.C4H10O/c1-14-17(9-8-16-6-4-3-5-7-16)18(10-21(24)25)15(2)20-12-22(13-23)11-19(14)20;1-6-3-2-4-7(8)5-6;1-4(2,3)5/h3-7,13H,10-12H2,1-2H3,(H,24,25);2-5H,1H3;5H,1-3H3. The van der Waals surface area contributed by atoms with Gasteiger partial charge in [-0.05, 0) is 99.2 Å². The quantitative estimate of drug-likeness (QED) is 0.344. The fourth-order valence-electron chi connectivity index (χ4n) is 3.97. The summed E-state index contributed by atoms with van der Waals surface area (Å²) in [7, 11) is 0. The second-order valence-corrected chi connectivity index (χ2v) is 10.2. The molecular formula is C32H36FNO4. The molecule has 0 radical (unpaired) electrons. The van der Waals surface area contributed by atoms with Crippen LogP contribution in [0.5, 0.6) is 0 Å². The Balaban J connectivity index is 0.000000320. The number of carboxylic acids is 1. The van der Waals surface area contributed by atoms with Crippen LogP contribution in [0.2, 0.25) is 0 Å². The van der Waals surface area contributed by atoms with Gasteiger partial charge in [0.05, 0.1) is 12.0 Å². The third-order valence-corrected chi connectivity index (χ3v) is 5.68. The maximum atomic E-state index is 12.2. The number of aliphatic hydroxyl groups is 1. The van der Waals surface area contributed by atoms with Crippen molar-refractivity contribution in [2.24, 2.45) is 0 Å². The minimum Gasteiger partial charge on any atom is -0.481 e. The minimum atomic E-state index is -0.879. The van der Waals surface area contributed by atoms with Crippen LogP contribution in [-0.2, 0) is 29.1 Å². The zero-order chi connectivity index (χ0) is 28.5. The fourth-order valence-corrected chi connectivity index (χ4v) is 3.97. The molecular weight excluding hydrogens is 481 g/mol. The summed E-state index contributed by atoms with van der Waals surface area (Å²) in [6, 6.07) is 16.1. The zero-order valence-electron chi connectivity index (χ0n) is 22.9. The summed E-state index contributed by atoms with van der Waals surface area (Å²) in [6.07, 6.45) is 0.769. The lowest BCUT2D eigenvalue weighted by molar-refractivity contribution is -0.136. The van der Waals surface area contributed by atoms with Gasteiger partial charge >= 0.3 is 5.97 Å². The number of amides is 1. The maximum Gasteiger partial charge on any atom is 0.307 e. The molecule has 5 nitrogen and oxygen atoms in total. The number of aryl methyl sites for hydroxylation is 1. The van der Waals surface area contributed by atoms with Crippen LogP contribution in [0.3, 0.4) is 0 Å². The van der Waals surface area contributed by atoms with Crippen molar-refractivity contribution in [2.45, 2.75) is 66.7 Å². The Bertz CT molecular complexity index is 1310. The number of hydrogen-bond acceptors (Lipinski definition) is 3. The Morgan fingerprint density at radius 2 is 1.55 bits per heavy atom. The van der Waals surface area contributed by atoms with E-state index in [2.05, 4.69) is 11.8 Å². The summed E-state index contributed by atoms with van der Waals surface area (Å²) in [5, 5.41) is 17.8. The molecule has 1 heterocycles. The van der Waals surface area contributed by atoms with Crippen LogP contribution >= 0.6 is 0 Å². The lowest BCUT2D eigenvalue weighted by atomic mass is 9.87. The Kier molecular flexibility index (Phi) is 10.8. The minimum absolute atomic E-state index is 0.0696. The molecule has 6 heteroatoms. The Morgan fingerprint density at radius 1 is 0.974 bits per heavy atom. The van der Waals surface area contributed by atoms with Gasteiger partial charge in [0.25, 0.3) is 0 Å². The number of carboxylic acid groups (broad SMARTS) is 1. The van der Waals surface area contributed by atoms with Crippen molar-refractivity contribution in [1.82, 2.24) is 4.90 Å². The molecule has 200 valence electrons. The molecule has 0 unspecified atom stereocenters. The van der Waals surface area contributed by atoms with Crippen LogP contribution in [0.15, 0.2) is 54.6 Å². The van der Waals surface area contributed by atoms with E-state index in [1.807, 2.05) is 57.2 Å². The van der Waals surface area contributed by atoms with E-state index in [1.54, 1.807) is 31.7 Å². The average molecular weight is 518 g/mol. The van der Waals surface area contributed by atoms with Gasteiger partial charge in [-0.1, -0.05) is 42.2 Å². The predicted molar refractivity (Wildman–Crippen MR) is 148 cm³/mol. The maximum absolute atomic E-state index is 12.2. The van der Waals surface area contributed by atoms with Crippen molar-refractivity contribution in [3.8, 4) is 11.8 Å². The number of carbonyl (C=O) groups is 2. The van der Waals surface area contributed by atoms with Gasteiger partial charge in [0.2, 0.25) is 6.41 Å². The average Bonchev–Trinajstić information content (AvgIpc) is 3.27. The SMILES string of the molecule is CC(C)(C)O.Cc1c(C#Cc2ccccc2)c(CC(=O)O)c(C)c2c1CN(C=O)C2.Cc1cccc(F)c1. The van der Waals surface area contributed by atoms with E-state index in [0.29, 0.717) is 13.1 Å². The molecule has 1 aliphatic heterocycles. The van der Waals surface area contributed by atoms with Gasteiger partial charge in [-0.25, -0.2) is 4.39 Å². The number of rotatable bonds is 3. The molecule has 1 amide bonds. The summed E-state index contributed by atoms with van der Waals surface area (Å²) in [4.78, 5) is 24.2. The molecule has 2 N–H and O–H groups in total. The first-order valence-corrected chi connectivity index (χ1v) is 12.4. The van der Waals surface area contributed by atoms with Crippen LogP contribution in [0.4, 0.5) is 4.39 Å². The van der Waals surface area contributed by atoms with Crippen molar-refractivity contribution < 1.29 is 24.2 Å². The molecule has 0 aromatic heterocycles. The molecule has 0 atom stereocenters. The predicted octanol–water partition coefficient (Wildman–Crippen LogP) is 5.71. The normalized spacial score (nSPS) is 11.6. The van der Waals surface area contributed by atoms with Crippen molar-refractivity contribution in [3.63, 3.8) is 0 Å². The van der Waals surface area contributed by atoms with Crippen molar-refractivity contribution in [2.75, 3.05) is 0 Å². The first kappa shape index (κ1) is 30.3. The zero-order valence-corrected chi connectivity index (χ0v) is 22.9. The van der Waals surface area contributed by atoms with Gasteiger partial charge < -0.3 is 15.1 Å². The van der Waals surface area contributed by atoms with E-state index in [1.165, 1.54) is 12.1 Å². The lowest BCUT2D eigenvalue weighted by Crippen LogP contribution is -2.13. The molecule has 0 spiro atoms. The first-order valence-electron chi connectivity index (χ1n) is 12.4. The van der Waals surface area contributed by atoms with Crippen molar-refractivity contribution in [3.05, 3.63) is 105 Å². The number of nitrogens with zero attached hydrogens (tertiary/aromatic N) is 1. The summed E-state index contributed by atoms with van der Waals surface area (Å²) in [5.74, 6) is 5.28. The van der Waals surface area contributed by atoms with Gasteiger partial charge in [-0.15, -0.1) is 0 Å². The summed E-state index contributed by atoms with van der Waals surface area (Å²) >= 11 is 0. The summed E-state index contributed by atoms with van der Waals surface area (Å²) in [6.45, 7) is 12.1. The molecule has 0 fully saturated rings. The third-order valence-electron chi connectivity index (χ3n) is 5.68. The molecule has 1 aliphatic rings. The third kappa shape index (κ3) is 9.49. The highest BCUT2D eigenvalue weighted by Crippen LogP contribution is 2.33. The van der Waals surface area contributed by atoms with Crippen LogP contribution < -0.4 is 0 Å². The molecule has 3 aromatic rings. The van der Waals surface area contributed by atoms with Gasteiger partial charge in [0.15, 0.2) is 0 Å². The van der Waals surface area contributed by atoms with Crippen LogP contribution in [0.1, 0.15) is 65.3 Å².